The first kappa shape index (κ1) is 14.1. The molecule has 1 unspecified atom stereocenters. The maximum atomic E-state index is 5.96. The van der Waals surface area contributed by atoms with E-state index in [1.807, 2.05) is 0 Å². The Morgan fingerprint density at radius 1 is 1.20 bits per heavy atom. The minimum absolute atomic E-state index is 0.0739. The van der Waals surface area contributed by atoms with Gasteiger partial charge in [-0.05, 0) is 33.4 Å². The van der Waals surface area contributed by atoms with Crippen molar-refractivity contribution >= 4 is 42.2 Å². The van der Waals surface area contributed by atoms with Crippen molar-refractivity contribution in [1.29, 1.82) is 0 Å². The molecule has 1 nitrogen and oxygen atoms in total. The molecule has 0 saturated carbocycles. The molecule has 2 aromatic carbocycles. The van der Waals surface area contributed by atoms with Crippen molar-refractivity contribution in [2.24, 2.45) is 11.7 Å². The fourth-order valence-electron chi connectivity index (χ4n) is 3.28. The zero-order valence-corrected chi connectivity index (χ0v) is 13.7. The van der Waals surface area contributed by atoms with E-state index in [2.05, 4.69) is 62.9 Å². The van der Waals surface area contributed by atoms with Gasteiger partial charge in [0.1, 0.15) is 0 Å². The summed E-state index contributed by atoms with van der Waals surface area (Å²) in [7, 11) is 1.34. The second kappa shape index (κ2) is 5.18. The third-order valence-electron chi connectivity index (χ3n) is 4.30. The topological polar surface area (TPSA) is 26.0 Å². The first-order valence-electron chi connectivity index (χ1n) is 7.01. The Balaban J connectivity index is 2.22. The predicted octanol–water partition coefficient (Wildman–Crippen LogP) is 3.38. The lowest BCUT2D eigenvalue weighted by Crippen LogP contribution is -2.36. The van der Waals surface area contributed by atoms with E-state index in [9.17, 15) is 0 Å². The summed E-state index contributed by atoms with van der Waals surface area (Å²) in [6.07, 6.45) is 0. The molecule has 0 saturated heterocycles. The molecule has 20 heavy (non-hydrogen) atoms. The zero-order valence-electron chi connectivity index (χ0n) is 11.9. The highest BCUT2D eigenvalue weighted by molar-refractivity contribution is 7.80. The number of nitrogens with two attached hydrogens (primary N) is 1. The minimum Gasteiger partial charge on any atom is -0.330 e. The highest BCUT2D eigenvalue weighted by Gasteiger charge is 2.37. The highest BCUT2D eigenvalue weighted by Crippen LogP contribution is 2.41. The van der Waals surface area contributed by atoms with Crippen molar-refractivity contribution in [1.82, 2.24) is 0 Å². The van der Waals surface area contributed by atoms with E-state index in [0.717, 1.165) is 5.75 Å². The Kier molecular flexibility index (Phi) is 3.66. The third-order valence-corrected chi connectivity index (χ3v) is 6.52. The number of hydrogen-bond acceptors (Lipinski definition) is 2. The fraction of sp³-hybridized carbons (Fsp3) is 0.353. The van der Waals surface area contributed by atoms with Crippen molar-refractivity contribution < 1.29 is 0 Å². The molecule has 3 heteroatoms. The molecule has 0 spiro atoms. The van der Waals surface area contributed by atoms with Crippen LogP contribution in [0.15, 0.2) is 36.4 Å². The van der Waals surface area contributed by atoms with E-state index in [1.54, 1.807) is 0 Å². The molecule has 0 amide bonds. The van der Waals surface area contributed by atoms with Gasteiger partial charge in [0.15, 0.2) is 0 Å². The number of benzene rings is 2. The minimum atomic E-state index is 0.0739. The van der Waals surface area contributed by atoms with Crippen LogP contribution in [0.5, 0.6) is 0 Å². The zero-order chi connectivity index (χ0) is 14.3. The lowest BCUT2D eigenvalue weighted by atomic mass is 9.75. The van der Waals surface area contributed by atoms with Crippen LogP contribution in [0, 0.1) is 5.92 Å². The van der Waals surface area contributed by atoms with Crippen LogP contribution in [0.4, 0.5) is 0 Å². The monoisotopic (exact) mass is 301 g/mol. The number of rotatable bonds is 3. The number of fused-ring (bicyclic) bond motifs is 3. The van der Waals surface area contributed by atoms with Crippen LogP contribution in [-0.4, -0.2) is 17.6 Å². The molecule has 0 aromatic heterocycles. The fourth-order valence-corrected chi connectivity index (χ4v) is 5.45. The summed E-state index contributed by atoms with van der Waals surface area (Å²) in [6, 6.07) is 13.2. The summed E-state index contributed by atoms with van der Waals surface area (Å²) in [6.45, 7) is 5.35. The first-order chi connectivity index (χ1) is 9.59. The molecule has 104 valence electrons. The van der Waals surface area contributed by atoms with Crippen molar-refractivity contribution in [3.63, 3.8) is 0 Å². The quantitative estimate of drug-likeness (QED) is 0.660. The Bertz CT molecular complexity index is 686. The van der Waals surface area contributed by atoms with Crippen LogP contribution in [0.2, 0.25) is 0 Å². The largest absolute Gasteiger partial charge is 0.330 e. The van der Waals surface area contributed by atoms with E-state index < -0.39 is 0 Å². The van der Waals surface area contributed by atoms with Crippen molar-refractivity contribution in [3.05, 3.63) is 42.0 Å². The SMILES string of the molecule is CC1(C)C(C(CN)CS)=Pc2ccc3ccccc3c21. The predicted molar refractivity (Wildman–Crippen MR) is 94.9 cm³/mol. The number of hydrogen-bond donors (Lipinski definition) is 2. The average molecular weight is 301 g/mol. The van der Waals surface area contributed by atoms with Crippen LogP contribution in [0.25, 0.3) is 10.8 Å². The van der Waals surface area contributed by atoms with Crippen LogP contribution in [0.1, 0.15) is 19.4 Å². The van der Waals surface area contributed by atoms with E-state index in [4.69, 9.17) is 5.73 Å². The van der Waals surface area contributed by atoms with E-state index in [0.29, 0.717) is 12.5 Å². The summed E-state index contributed by atoms with van der Waals surface area (Å²) in [5, 5.41) is 5.66. The van der Waals surface area contributed by atoms with Gasteiger partial charge in [-0.2, -0.15) is 12.6 Å². The van der Waals surface area contributed by atoms with Gasteiger partial charge >= 0.3 is 0 Å². The van der Waals surface area contributed by atoms with Gasteiger partial charge in [-0.3, -0.25) is 0 Å². The summed E-state index contributed by atoms with van der Waals surface area (Å²) >= 11 is 4.50. The van der Waals surface area contributed by atoms with Gasteiger partial charge in [0.05, 0.1) is 0 Å². The lowest BCUT2D eigenvalue weighted by Gasteiger charge is -2.29. The standard InChI is InChI=1S/C17H20NPS/c1-17(2)15-13-6-4-3-5-11(13)7-8-14(15)19-16(17)12(9-18)10-20/h3-8,12,20H,9-10,18H2,1-2H3. The van der Waals surface area contributed by atoms with Crippen LogP contribution < -0.4 is 11.0 Å². The van der Waals surface area contributed by atoms with Crippen molar-refractivity contribution in [3.8, 4) is 0 Å². The van der Waals surface area contributed by atoms with Gasteiger partial charge in [-0.15, -0.1) is 0 Å². The summed E-state index contributed by atoms with van der Waals surface area (Å²) < 4.78 is 0. The Morgan fingerprint density at radius 3 is 2.65 bits per heavy atom. The van der Waals surface area contributed by atoms with Gasteiger partial charge in [0, 0.05) is 23.2 Å². The van der Waals surface area contributed by atoms with Crippen LogP contribution in [0.3, 0.4) is 0 Å². The lowest BCUT2D eigenvalue weighted by molar-refractivity contribution is 0.672. The van der Waals surface area contributed by atoms with Crippen LogP contribution in [-0.2, 0) is 5.41 Å². The van der Waals surface area contributed by atoms with Crippen molar-refractivity contribution in [2.45, 2.75) is 19.3 Å². The summed E-state index contributed by atoms with van der Waals surface area (Å²) in [4.78, 5) is 0. The normalized spacial score (nSPS) is 18.7. The van der Waals surface area contributed by atoms with Gasteiger partial charge in [-0.25, -0.2) is 0 Å². The molecule has 0 radical (unpaired) electrons. The molecule has 1 atom stereocenters. The second-order valence-corrected chi connectivity index (χ2v) is 7.47. The maximum Gasteiger partial charge on any atom is 0.0171 e. The van der Waals surface area contributed by atoms with E-state index in [-0.39, 0.29) is 5.41 Å². The molecule has 1 heterocycles. The first-order valence-corrected chi connectivity index (χ1v) is 8.54. The Morgan fingerprint density at radius 2 is 1.95 bits per heavy atom. The van der Waals surface area contributed by atoms with E-state index in [1.165, 1.54) is 35.1 Å². The van der Waals surface area contributed by atoms with Gasteiger partial charge in [0.2, 0.25) is 0 Å². The maximum absolute atomic E-state index is 5.96. The Hall–Kier alpha value is -0.820. The van der Waals surface area contributed by atoms with E-state index >= 15 is 0 Å². The molecule has 3 rings (SSSR count). The van der Waals surface area contributed by atoms with Crippen molar-refractivity contribution in [2.75, 3.05) is 12.3 Å². The third kappa shape index (κ3) is 2.02. The summed E-state index contributed by atoms with van der Waals surface area (Å²) in [5.41, 5.74) is 7.51. The second-order valence-electron chi connectivity index (χ2n) is 5.92. The molecule has 1 aliphatic rings. The molecule has 2 aromatic rings. The number of thiol groups is 1. The van der Waals surface area contributed by atoms with Gasteiger partial charge < -0.3 is 5.73 Å². The van der Waals surface area contributed by atoms with Gasteiger partial charge in [0.25, 0.3) is 0 Å². The molecule has 0 bridgehead atoms. The average Bonchev–Trinajstić information content (AvgIpc) is 2.73. The summed E-state index contributed by atoms with van der Waals surface area (Å²) in [5.74, 6) is 1.22. The Labute approximate surface area is 127 Å². The molecule has 2 N–H and O–H groups in total. The molecule has 0 fully saturated rings. The highest BCUT2D eigenvalue weighted by atomic mass is 32.1. The molecule has 1 aliphatic heterocycles. The molecular formula is C17H20NPS. The van der Waals surface area contributed by atoms with Crippen LogP contribution >= 0.6 is 20.8 Å². The molecular weight excluding hydrogens is 281 g/mol. The smallest absolute Gasteiger partial charge is 0.0171 e. The van der Waals surface area contributed by atoms with Gasteiger partial charge in [-0.1, -0.05) is 52.4 Å². The molecule has 0 aliphatic carbocycles.